The average Bonchev–Trinajstić information content (AvgIpc) is 2.47. The largest absolute Gasteiger partial charge is 0.126 e. The Labute approximate surface area is 119 Å². The predicted molar refractivity (Wildman–Crippen MR) is 79.7 cm³/mol. The van der Waals surface area contributed by atoms with Crippen LogP contribution in [-0.4, -0.2) is 11.8 Å². The third-order valence-corrected chi connectivity index (χ3v) is 4.31. The van der Waals surface area contributed by atoms with Crippen LogP contribution in [0.5, 0.6) is 0 Å². The maximum atomic E-state index is 6.22. The van der Waals surface area contributed by atoms with E-state index >= 15 is 0 Å². The van der Waals surface area contributed by atoms with Crippen molar-refractivity contribution in [2.24, 2.45) is 0 Å². The molecule has 0 amide bonds. The van der Waals surface area contributed by atoms with Crippen molar-refractivity contribution in [1.82, 2.24) is 0 Å². The minimum absolute atomic E-state index is 0.189. The Balaban J connectivity index is 2.33. The van der Waals surface area contributed by atoms with Crippen molar-refractivity contribution in [1.29, 1.82) is 0 Å². The van der Waals surface area contributed by atoms with Gasteiger partial charge in [0.1, 0.15) is 0 Å². The Bertz CT molecular complexity index is 461. The lowest BCUT2D eigenvalue weighted by Gasteiger charge is -2.30. The third kappa shape index (κ3) is 2.88. The monoisotopic (exact) mass is 278 g/mol. The molecule has 94 valence electrons. The van der Waals surface area contributed by atoms with Crippen LogP contribution in [0.15, 0.2) is 60.7 Å². The molecule has 0 nitrogen and oxygen atoms in total. The maximum Gasteiger partial charge on any atom is 0.0335 e. The van der Waals surface area contributed by atoms with Gasteiger partial charge in [-0.3, -0.25) is 0 Å². The van der Waals surface area contributed by atoms with Gasteiger partial charge in [-0.2, -0.15) is 0 Å². The molecule has 0 atom stereocenters. The van der Waals surface area contributed by atoms with E-state index in [0.717, 1.165) is 6.42 Å². The Kier molecular flexibility index (Phi) is 4.68. The molecule has 18 heavy (non-hydrogen) atoms. The maximum absolute atomic E-state index is 6.22. The molecule has 0 fully saturated rings. The zero-order valence-corrected chi connectivity index (χ0v) is 11.7. The molecule has 2 aromatic carbocycles. The van der Waals surface area contributed by atoms with Gasteiger partial charge in [0.15, 0.2) is 0 Å². The molecule has 0 saturated carbocycles. The van der Waals surface area contributed by atoms with Gasteiger partial charge in [0.25, 0.3) is 0 Å². The first kappa shape index (κ1) is 13.5. The highest BCUT2D eigenvalue weighted by Gasteiger charge is 2.30. The Morgan fingerprint density at radius 3 is 1.72 bits per heavy atom. The van der Waals surface area contributed by atoms with E-state index in [2.05, 4.69) is 24.3 Å². The number of halogens is 2. The third-order valence-electron chi connectivity index (χ3n) is 3.28. The number of hydrogen-bond acceptors (Lipinski definition) is 0. The van der Waals surface area contributed by atoms with Gasteiger partial charge in [-0.1, -0.05) is 60.7 Å². The first-order valence-corrected chi connectivity index (χ1v) is 7.09. The smallest absolute Gasteiger partial charge is 0.0335 e. The van der Waals surface area contributed by atoms with Crippen molar-refractivity contribution < 1.29 is 0 Å². The molecule has 2 rings (SSSR count). The van der Waals surface area contributed by atoms with Crippen molar-refractivity contribution in [2.45, 2.75) is 11.8 Å². The molecule has 0 saturated heterocycles. The highest BCUT2D eigenvalue weighted by molar-refractivity contribution is 6.22. The topological polar surface area (TPSA) is 0 Å². The van der Waals surface area contributed by atoms with E-state index in [0.29, 0.717) is 11.8 Å². The van der Waals surface area contributed by atoms with Crippen LogP contribution in [0.3, 0.4) is 0 Å². The zero-order chi connectivity index (χ0) is 12.8. The van der Waals surface area contributed by atoms with E-state index in [4.69, 9.17) is 23.2 Å². The Morgan fingerprint density at radius 1 is 0.722 bits per heavy atom. The summed E-state index contributed by atoms with van der Waals surface area (Å²) >= 11 is 12.4. The number of hydrogen-bond donors (Lipinski definition) is 0. The summed E-state index contributed by atoms with van der Waals surface area (Å²) in [4.78, 5) is 0. The summed E-state index contributed by atoms with van der Waals surface area (Å²) in [7, 11) is 0. The summed E-state index contributed by atoms with van der Waals surface area (Å²) in [5.74, 6) is 1.05. The number of benzene rings is 2. The highest BCUT2D eigenvalue weighted by atomic mass is 35.5. The summed E-state index contributed by atoms with van der Waals surface area (Å²) < 4.78 is 0. The van der Waals surface area contributed by atoms with Crippen molar-refractivity contribution >= 4 is 23.2 Å². The fourth-order valence-corrected chi connectivity index (χ4v) is 2.95. The standard InChI is InChI=1S/C16H16Cl2/c17-12-16(13-18,15-9-5-2-6-10-15)11-14-7-3-1-4-8-14/h1-10H,11-13H2. The summed E-state index contributed by atoms with van der Waals surface area (Å²) in [5.41, 5.74) is 2.28. The molecule has 0 radical (unpaired) electrons. The lowest BCUT2D eigenvalue weighted by atomic mass is 9.79. The van der Waals surface area contributed by atoms with E-state index in [1.807, 2.05) is 36.4 Å². The molecule has 2 aromatic rings. The van der Waals surface area contributed by atoms with Gasteiger partial charge in [0.2, 0.25) is 0 Å². The van der Waals surface area contributed by atoms with Gasteiger partial charge in [-0.05, 0) is 17.5 Å². The van der Waals surface area contributed by atoms with Crippen LogP contribution in [0.25, 0.3) is 0 Å². The van der Waals surface area contributed by atoms with Gasteiger partial charge in [0.05, 0.1) is 0 Å². The van der Waals surface area contributed by atoms with E-state index < -0.39 is 0 Å². The fourth-order valence-electron chi connectivity index (χ4n) is 2.16. The van der Waals surface area contributed by atoms with Gasteiger partial charge in [0, 0.05) is 17.2 Å². The van der Waals surface area contributed by atoms with Crippen molar-refractivity contribution in [3.05, 3.63) is 71.8 Å². The average molecular weight is 279 g/mol. The number of alkyl halides is 2. The van der Waals surface area contributed by atoms with Crippen LogP contribution >= 0.6 is 23.2 Å². The Morgan fingerprint density at radius 2 is 1.22 bits per heavy atom. The minimum atomic E-state index is -0.189. The summed E-state index contributed by atoms with van der Waals surface area (Å²) in [6.45, 7) is 0. The molecule has 0 aromatic heterocycles. The molecule has 0 aliphatic heterocycles. The van der Waals surface area contributed by atoms with Crippen LogP contribution in [-0.2, 0) is 11.8 Å². The van der Waals surface area contributed by atoms with E-state index in [1.54, 1.807) is 0 Å². The lowest BCUT2D eigenvalue weighted by molar-refractivity contribution is 0.536. The molecular formula is C16H16Cl2. The van der Waals surface area contributed by atoms with Crippen LogP contribution < -0.4 is 0 Å². The van der Waals surface area contributed by atoms with Crippen LogP contribution in [0.1, 0.15) is 11.1 Å². The first-order chi connectivity index (χ1) is 8.80. The molecule has 0 aliphatic rings. The quantitative estimate of drug-likeness (QED) is 0.699. The summed E-state index contributed by atoms with van der Waals surface area (Å²) in [6.07, 6.45) is 0.866. The molecule has 0 aliphatic carbocycles. The summed E-state index contributed by atoms with van der Waals surface area (Å²) in [5, 5.41) is 0. The number of rotatable bonds is 5. The second-order valence-corrected chi connectivity index (χ2v) is 5.11. The van der Waals surface area contributed by atoms with Crippen LogP contribution in [0.2, 0.25) is 0 Å². The molecule has 0 spiro atoms. The lowest BCUT2D eigenvalue weighted by Crippen LogP contribution is -2.33. The second-order valence-electron chi connectivity index (χ2n) is 4.58. The molecule has 0 heterocycles. The first-order valence-electron chi connectivity index (χ1n) is 6.02. The van der Waals surface area contributed by atoms with E-state index in [1.165, 1.54) is 11.1 Å². The van der Waals surface area contributed by atoms with Crippen molar-refractivity contribution in [3.63, 3.8) is 0 Å². The molecule has 0 N–H and O–H groups in total. The van der Waals surface area contributed by atoms with Crippen molar-refractivity contribution in [2.75, 3.05) is 11.8 Å². The van der Waals surface area contributed by atoms with Crippen LogP contribution in [0, 0.1) is 0 Å². The van der Waals surface area contributed by atoms with Gasteiger partial charge < -0.3 is 0 Å². The van der Waals surface area contributed by atoms with Crippen molar-refractivity contribution in [3.8, 4) is 0 Å². The molecule has 0 bridgehead atoms. The van der Waals surface area contributed by atoms with Gasteiger partial charge >= 0.3 is 0 Å². The van der Waals surface area contributed by atoms with Gasteiger partial charge in [-0.15, -0.1) is 23.2 Å². The molecular weight excluding hydrogens is 263 g/mol. The summed E-state index contributed by atoms with van der Waals surface area (Å²) in [6, 6.07) is 20.7. The normalized spacial score (nSPS) is 11.4. The SMILES string of the molecule is ClCC(CCl)(Cc1ccccc1)c1ccccc1. The van der Waals surface area contributed by atoms with Crippen LogP contribution in [0.4, 0.5) is 0 Å². The Hall–Kier alpha value is -0.980. The molecule has 2 heteroatoms. The zero-order valence-electron chi connectivity index (χ0n) is 10.2. The highest BCUT2D eigenvalue weighted by Crippen LogP contribution is 2.31. The van der Waals surface area contributed by atoms with E-state index in [9.17, 15) is 0 Å². The van der Waals surface area contributed by atoms with E-state index in [-0.39, 0.29) is 5.41 Å². The second kappa shape index (κ2) is 6.26. The minimum Gasteiger partial charge on any atom is -0.126 e. The molecule has 0 unspecified atom stereocenters. The fraction of sp³-hybridized carbons (Fsp3) is 0.250. The van der Waals surface area contributed by atoms with Gasteiger partial charge in [-0.25, -0.2) is 0 Å². The predicted octanol–water partition coefficient (Wildman–Crippen LogP) is 4.64.